The predicted octanol–water partition coefficient (Wildman–Crippen LogP) is 12.1. The molecule has 0 spiro atoms. The molecule has 3 heterocycles. The van der Waals surface area contributed by atoms with Gasteiger partial charge in [0.05, 0.1) is 22.9 Å². The first-order chi connectivity index (χ1) is 24.7. The fraction of sp³-hybridized carbons (Fsp3) is 0.273. The quantitative estimate of drug-likeness (QED) is 0.171. The van der Waals surface area contributed by atoms with E-state index in [0.717, 1.165) is 33.2 Å². The number of pyridine rings is 1. The van der Waals surface area contributed by atoms with Crippen LogP contribution in [0.2, 0.25) is 0 Å². The van der Waals surface area contributed by atoms with Gasteiger partial charge in [0, 0.05) is 46.9 Å². The third-order valence-electron chi connectivity index (χ3n) is 11.0. The summed E-state index contributed by atoms with van der Waals surface area (Å²) in [5.74, 6) is 2.85. The van der Waals surface area contributed by atoms with Gasteiger partial charge in [0.2, 0.25) is 0 Å². The van der Waals surface area contributed by atoms with Crippen LogP contribution in [-0.2, 0) is 0 Å². The lowest BCUT2D eigenvalue weighted by Crippen LogP contribution is -2.11. The molecular formula is C44H41FN4O. The van der Waals surface area contributed by atoms with Crippen molar-refractivity contribution in [2.75, 3.05) is 0 Å². The Morgan fingerprint density at radius 1 is 0.640 bits per heavy atom. The second-order valence-corrected chi connectivity index (χ2v) is 14.1. The first-order valence-electron chi connectivity index (χ1n) is 18.3. The van der Waals surface area contributed by atoms with Gasteiger partial charge < -0.3 is 4.74 Å². The van der Waals surface area contributed by atoms with Crippen LogP contribution in [0.5, 0.6) is 11.5 Å². The maximum atomic E-state index is 14.3. The highest BCUT2D eigenvalue weighted by Gasteiger charge is 2.26. The lowest BCUT2D eigenvalue weighted by atomic mass is 9.75. The van der Waals surface area contributed by atoms with Crippen LogP contribution < -0.4 is 4.74 Å². The smallest absolute Gasteiger partial charge is 0.140 e. The standard InChI is InChI=1S/C44H41FN4O/c45-33-23-24-46-43(25-33)49-41-20-8-7-17-39(41)40-22-21-36(27-42(40)49)50-35-16-9-15-34(26-35)48-29-32(28-47-48)44-37(30-11-3-1-4-12-30)18-10-19-38(44)31-13-5-2-6-14-31/h7-10,15-31H,1-6,11-14H2. The van der Waals surface area contributed by atoms with Gasteiger partial charge in [0.25, 0.3) is 0 Å². The average Bonchev–Trinajstić information content (AvgIpc) is 3.79. The van der Waals surface area contributed by atoms with Gasteiger partial charge in [0.15, 0.2) is 0 Å². The maximum Gasteiger partial charge on any atom is 0.140 e. The highest BCUT2D eigenvalue weighted by Crippen LogP contribution is 2.45. The second-order valence-electron chi connectivity index (χ2n) is 14.1. The molecular weight excluding hydrogens is 620 g/mol. The average molecular weight is 661 g/mol. The minimum Gasteiger partial charge on any atom is -0.457 e. The Kier molecular flexibility index (Phi) is 8.16. The monoisotopic (exact) mass is 660 g/mol. The van der Waals surface area contributed by atoms with Crippen molar-refractivity contribution in [2.45, 2.75) is 76.0 Å². The Labute approximate surface area is 292 Å². The Morgan fingerprint density at radius 2 is 1.34 bits per heavy atom. The van der Waals surface area contributed by atoms with E-state index in [-0.39, 0.29) is 5.82 Å². The molecule has 0 amide bonds. The number of nitrogens with zero attached hydrogens (tertiary/aromatic N) is 4. The summed E-state index contributed by atoms with van der Waals surface area (Å²) in [6, 6.07) is 32.2. The van der Waals surface area contributed by atoms with E-state index in [9.17, 15) is 4.39 Å². The first-order valence-corrected chi connectivity index (χ1v) is 18.3. The molecule has 250 valence electrons. The molecule has 50 heavy (non-hydrogen) atoms. The lowest BCUT2D eigenvalue weighted by molar-refractivity contribution is 0.437. The molecule has 0 radical (unpaired) electrons. The maximum absolute atomic E-state index is 14.3. The molecule has 2 aliphatic carbocycles. The van der Waals surface area contributed by atoms with Crippen LogP contribution >= 0.6 is 0 Å². The molecule has 0 saturated heterocycles. The van der Waals surface area contributed by atoms with Crippen LogP contribution in [0.15, 0.2) is 116 Å². The van der Waals surface area contributed by atoms with Gasteiger partial charge in [0.1, 0.15) is 23.1 Å². The molecule has 2 fully saturated rings. The van der Waals surface area contributed by atoms with Crippen LogP contribution in [-0.4, -0.2) is 19.3 Å². The topological polar surface area (TPSA) is 44.9 Å². The summed E-state index contributed by atoms with van der Waals surface area (Å²) in [6.45, 7) is 0. The molecule has 0 atom stereocenters. The Morgan fingerprint density at radius 3 is 2.10 bits per heavy atom. The van der Waals surface area contributed by atoms with E-state index in [4.69, 9.17) is 9.84 Å². The van der Waals surface area contributed by atoms with E-state index < -0.39 is 0 Å². The molecule has 0 bridgehead atoms. The summed E-state index contributed by atoms with van der Waals surface area (Å²) in [7, 11) is 0. The number of aromatic nitrogens is 4. The lowest BCUT2D eigenvalue weighted by Gasteiger charge is -2.29. The van der Waals surface area contributed by atoms with Gasteiger partial charge in [-0.25, -0.2) is 14.1 Å². The van der Waals surface area contributed by atoms with Crippen molar-refractivity contribution < 1.29 is 9.13 Å². The van der Waals surface area contributed by atoms with Crippen molar-refractivity contribution in [3.63, 3.8) is 0 Å². The molecule has 0 unspecified atom stereocenters. The highest BCUT2D eigenvalue weighted by molar-refractivity contribution is 6.09. The summed E-state index contributed by atoms with van der Waals surface area (Å²) in [5.41, 5.74) is 8.49. The Balaban J connectivity index is 1.06. The number of halogens is 1. The minimum atomic E-state index is -0.324. The summed E-state index contributed by atoms with van der Waals surface area (Å²) in [5, 5.41) is 7.05. The first kappa shape index (κ1) is 30.8. The molecule has 5 nitrogen and oxygen atoms in total. The zero-order valence-electron chi connectivity index (χ0n) is 28.3. The number of rotatable bonds is 7. The van der Waals surface area contributed by atoms with E-state index >= 15 is 0 Å². The molecule has 4 aromatic carbocycles. The van der Waals surface area contributed by atoms with Gasteiger partial charge in [-0.2, -0.15) is 5.10 Å². The van der Waals surface area contributed by atoms with Gasteiger partial charge in [-0.1, -0.05) is 81.0 Å². The molecule has 2 saturated carbocycles. The van der Waals surface area contributed by atoms with Crippen molar-refractivity contribution in [3.8, 4) is 34.1 Å². The second kappa shape index (κ2) is 13.2. The van der Waals surface area contributed by atoms with E-state index in [1.807, 2.05) is 57.8 Å². The van der Waals surface area contributed by atoms with Gasteiger partial charge in [-0.15, -0.1) is 0 Å². The summed E-state index contributed by atoms with van der Waals surface area (Å²) < 4.78 is 24.8. The number of ether oxygens (including phenoxy) is 1. The normalized spacial score (nSPS) is 15.9. The third-order valence-corrected chi connectivity index (χ3v) is 11.0. The Bertz CT molecular complexity index is 2270. The zero-order chi connectivity index (χ0) is 33.4. The number of hydrogen-bond donors (Lipinski definition) is 0. The molecule has 6 heteroatoms. The van der Waals surface area contributed by atoms with Crippen molar-refractivity contribution >= 4 is 21.8 Å². The van der Waals surface area contributed by atoms with Crippen LogP contribution in [0.4, 0.5) is 4.39 Å². The zero-order valence-corrected chi connectivity index (χ0v) is 28.3. The summed E-state index contributed by atoms with van der Waals surface area (Å²) >= 11 is 0. The third kappa shape index (κ3) is 5.77. The Hall–Kier alpha value is -5.23. The van der Waals surface area contributed by atoms with Crippen molar-refractivity contribution in [1.82, 2.24) is 19.3 Å². The molecule has 7 aromatic rings. The summed E-state index contributed by atoms with van der Waals surface area (Å²) in [6.07, 6.45) is 18.9. The molecule has 3 aromatic heterocycles. The molecule has 9 rings (SSSR count). The van der Waals surface area contributed by atoms with E-state index in [0.29, 0.717) is 23.4 Å². The molecule has 2 aliphatic rings. The number of para-hydroxylation sites is 1. The van der Waals surface area contributed by atoms with Crippen LogP contribution in [0.3, 0.4) is 0 Å². The van der Waals surface area contributed by atoms with Crippen molar-refractivity contribution in [3.05, 3.63) is 133 Å². The summed E-state index contributed by atoms with van der Waals surface area (Å²) in [4.78, 5) is 4.50. The van der Waals surface area contributed by atoms with Crippen molar-refractivity contribution in [1.29, 1.82) is 0 Å². The minimum absolute atomic E-state index is 0.324. The van der Waals surface area contributed by atoms with E-state index in [2.05, 4.69) is 53.8 Å². The van der Waals surface area contributed by atoms with Crippen LogP contribution in [0.1, 0.15) is 87.2 Å². The predicted molar refractivity (Wildman–Crippen MR) is 199 cm³/mol. The van der Waals surface area contributed by atoms with Crippen LogP contribution in [0.25, 0.3) is 44.4 Å². The largest absolute Gasteiger partial charge is 0.457 e. The molecule has 0 N–H and O–H groups in total. The number of benzene rings is 4. The highest BCUT2D eigenvalue weighted by atomic mass is 19.1. The van der Waals surface area contributed by atoms with E-state index in [1.54, 1.807) is 0 Å². The van der Waals surface area contributed by atoms with Crippen molar-refractivity contribution in [2.24, 2.45) is 0 Å². The van der Waals surface area contributed by atoms with Gasteiger partial charge in [-0.3, -0.25) is 4.57 Å². The SMILES string of the molecule is Fc1ccnc(-n2c3ccccc3c3ccc(Oc4cccc(-n5cc(-c6c(C7CCCCC7)cccc6C6CCCCC6)cn5)c4)cc32)c1. The number of hydrogen-bond acceptors (Lipinski definition) is 3. The molecule has 0 aliphatic heterocycles. The fourth-order valence-corrected chi connectivity index (χ4v) is 8.62. The number of fused-ring (bicyclic) bond motifs is 3. The fourth-order valence-electron chi connectivity index (χ4n) is 8.62. The van der Waals surface area contributed by atoms with E-state index in [1.165, 1.54) is 105 Å². The van der Waals surface area contributed by atoms with Crippen LogP contribution in [0, 0.1) is 5.82 Å². The van der Waals surface area contributed by atoms with Gasteiger partial charge >= 0.3 is 0 Å². The van der Waals surface area contributed by atoms with Gasteiger partial charge in [-0.05, 0) is 90.6 Å².